The summed E-state index contributed by atoms with van der Waals surface area (Å²) in [7, 11) is 0. The van der Waals surface area contributed by atoms with Crippen molar-refractivity contribution in [3.05, 3.63) is 0 Å². The highest BCUT2D eigenvalue weighted by Gasteiger charge is 2.08. The van der Waals surface area contributed by atoms with E-state index in [1.165, 1.54) is 6.92 Å². The van der Waals surface area contributed by atoms with Gasteiger partial charge in [0.2, 0.25) is 0 Å². The van der Waals surface area contributed by atoms with Crippen LogP contribution >= 0.6 is 38.5 Å². The molecule has 0 aromatic rings. The predicted molar refractivity (Wildman–Crippen MR) is 71.7 cm³/mol. The molecule has 0 spiro atoms. The molecule has 0 aliphatic carbocycles. The molecule has 16 heavy (non-hydrogen) atoms. The van der Waals surface area contributed by atoms with E-state index >= 15 is 0 Å². The highest BCUT2D eigenvalue weighted by molar-refractivity contribution is 14.1. The third-order valence-corrected chi connectivity index (χ3v) is 1.33. The summed E-state index contributed by atoms with van der Waals surface area (Å²) in [5.41, 5.74) is 0.294. The first-order valence-corrected chi connectivity index (χ1v) is 6.87. The molecule has 0 aliphatic rings. The van der Waals surface area contributed by atoms with Gasteiger partial charge >= 0.3 is 12.1 Å². The maximum absolute atomic E-state index is 10.6. The molecule has 0 aliphatic heterocycles. The van der Waals surface area contributed by atoms with Gasteiger partial charge in [-0.15, -0.1) is 0 Å². The third-order valence-electron chi connectivity index (χ3n) is 0.848. The monoisotopic (exact) mass is 410 g/mol. The minimum Gasteiger partial charge on any atom is -0.454 e. The number of alkyl halides is 2. The fourth-order valence-corrected chi connectivity index (χ4v) is 0.960. The molecule has 0 heterocycles. The van der Waals surface area contributed by atoms with E-state index in [9.17, 15) is 9.59 Å². The van der Waals surface area contributed by atoms with Crippen LogP contribution < -0.4 is 0 Å². The molecule has 0 rings (SSSR count). The second kappa shape index (κ2) is 11.4. The molecule has 0 radical (unpaired) electrons. The first-order chi connectivity index (χ1) is 7.29. The van der Waals surface area contributed by atoms with E-state index < -0.39 is 6.16 Å². The largest absolute Gasteiger partial charge is 0.509 e. The number of rotatable bonds is 3. The fourth-order valence-electron chi connectivity index (χ4n) is 0.430. The second-order valence-corrected chi connectivity index (χ2v) is 5.03. The van der Waals surface area contributed by atoms with E-state index in [1.807, 2.05) is 22.6 Å². The number of ether oxygens (including phenoxy) is 3. The minimum atomic E-state index is -0.600. The SMILES string of the molecule is CC(=O)OCBr.CC(C)OC(=O)OC(C)I. The van der Waals surface area contributed by atoms with Crippen molar-refractivity contribution < 1.29 is 23.8 Å². The van der Waals surface area contributed by atoms with Crippen molar-refractivity contribution in [1.82, 2.24) is 0 Å². The molecule has 1 unspecified atom stereocenters. The summed E-state index contributed by atoms with van der Waals surface area (Å²) in [5, 5.41) is 0. The standard InChI is InChI=1S/C6H11IO3.C3H5BrO2/c1-4(2)9-6(8)10-5(3)7;1-3(5)6-2-4/h4-5H,1-3H3;2H2,1H3. The van der Waals surface area contributed by atoms with Gasteiger partial charge in [0.05, 0.1) is 6.10 Å². The lowest BCUT2D eigenvalue weighted by Crippen LogP contribution is -2.15. The summed E-state index contributed by atoms with van der Waals surface area (Å²) in [6.07, 6.45) is -0.709. The number of esters is 1. The highest BCUT2D eigenvalue weighted by atomic mass is 127. The highest BCUT2D eigenvalue weighted by Crippen LogP contribution is 2.03. The molecule has 0 aromatic carbocycles. The van der Waals surface area contributed by atoms with Crippen LogP contribution in [0.3, 0.4) is 0 Å². The number of hydrogen-bond donors (Lipinski definition) is 0. The van der Waals surface area contributed by atoms with Gasteiger partial charge in [0.25, 0.3) is 0 Å². The molecule has 0 aromatic heterocycles. The smallest absolute Gasteiger partial charge is 0.454 e. The van der Waals surface area contributed by atoms with Gasteiger partial charge in [0.1, 0.15) is 5.52 Å². The summed E-state index contributed by atoms with van der Waals surface area (Å²) < 4.78 is 13.6. The van der Waals surface area contributed by atoms with Gasteiger partial charge in [0.15, 0.2) is 4.11 Å². The molecule has 96 valence electrons. The van der Waals surface area contributed by atoms with Gasteiger partial charge in [0, 0.05) is 6.92 Å². The average molecular weight is 411 g/mol. The lowest BCUT2D eigenvalue weighted by atomic mass is 10.5. The second-order valence-electron chi connectivity index (χ2n) is 2.82. The Bertz CT molecular complexity index is 196. The third kappa shape index (κ3) is 19.5. The maximum Gasteiger partial charge on any atom is 0.509 e. The van der Waals surface area contributed by atoms with Crippen molar-refractivity contribution in [2.75, 3.05) is 5.52 Å². The van der Waals surface area contributed by atoms with E-state index in [4.69, 9.17) is 4.74 Å². The molecule has 0 bridgehead atoms. The Morgan fingerprint density at radius 2 is 1.75 bits per heavy atom. The van der Waals surface area contributed by atoms with Crippen molar-refractivity contribution in [2.45, 2.75) is 37.9 Å². The maximum atomic E-state index is 10.6. The van der Waals surface area contributed by atoms with Gasteiger partial charge in [-0.2, -0.15) is 0 Å². The van der Waals surface area contributed by atoms with E-state index in [0.29, 0.717) is 5.52 Å². The molecule has 0 saturated heterocycles. The molecule has 0 fully saturated rings. The Balaban J connectivity index is 0. The van der Waals surface area contributed by atoms with E-state index in [2.05, 4.69) is 25.4 Å². The summed E-state index contributed by atoms with van der Waals surface area (Å²) in [6.45, 7) is 6.68. The van der Waals surface area contributed by atoms with Crippen LogP contribution in [-0.4, -0.2) is 27.9 Å². The predicted octanol–water partition coefficient (Wildman–Crippen LogP) is 3.23. The summed E-state index contributed by atoms with van der Waals surface area (Å²) >= 11 is 4.89. The van der Waals surface area contributed by atoms with Gasteiger partial charge in [-0.05, 0) is 59.3 Å². The van der Waals surface area contributed by atoms with Crippen LogP contribution in [0.5, 0.6) is 0 Å². The van der Waals surface area contributed by atoms with E-state index in [1.54, 1.807) is 20.8 Å². The Morgan fingerprint density at radius 1 is 1.25 bits per heavy atom. The lowest BCUT2D eigenvalue weighted by Gasteiger charge is -2.09. The Labute approximate surface area is 117 Å². The van der Waals surface area contributed by atoms with Gasteiger partial charge in [-0.3, -0.25) is 4.79 Å². The Hall–Kier alpha value is -0.0500. The van der Waals surface area contributed by atoms with Crippen LogP contribution in [0.1, 0.15) is 27.7 Å². The van der Waals surface area contributed by atoms with Crippen molar-refractivity contribution in [3.63, 3.8) is 0 Å². The van der Waals surface area contributed by atoms with Gasteiger partial charge < -0.3 is 14.2 Å². The number of hydrogen-bond acceptors (Lipinski definition) is 5. The Morgan fingerprint density at radius 3 is 1.94 bits per heavy atom. The average Bonchev–Trinajstić information content (AvgIpc) is 2.00. The first-order valence-electron chi connectivity index (χ1n) is 4.50. The van der Waals surface area contributed by atoms with Crippen LogP contribution in [0, 0.1) is 0 Å². The zero-order valence-electron chi connectivity index (χ0n) is 9.66. The summed E-state index contributed by atoms with van der Waals surface area (Å²) in [5.74, 6) is -0.258. The zero-order chi connectivity index (χ0) is 13.1. The topological polar surface area (TPSA) is 61.8 Å². The van der Waals surface area contributed by atoms with Crippen molar-refractivity contribution in [1.29, 1.82) is 0 Å². The van der Waals surface area contributed by atoms with E-state index in [-0.39, 0.29) is 16.2 Å². The van der Waals surface area contributed by atoms with Crippen molar-refractivity contribution in [2.24, 2.45) is 0 Å². The number of carbonyl (C=O) groups excluding carboxylic acids is 2. The zero-order valence-corrected chi connectivity index (χ0v) is 13.4. The quantitative estimate of drug-likeness (QED) is 0.406. The van der Waals surface area contributed by atoms with Crippen LogP contribution in [0.15, 0.2) is 0 Å². The molecule has 0 saturated carbocycles. The van der Waals surface area contributed by atoms with Crippen molar-refractivity contribution >= 4 is 50.6 Å². The summed E-state index contributed by atoms with van der Waals surface area (Å²) in [4.78, 5) is 20.4. The number of carbonyl (C=O) groups is 2. The van der Waals surface area contributed by atoms with Crippen molar-refractivity contribution in [3.8, 4) is 0 Å². The van der Waals surface area contributed by atoms with Crippen LogP contribution in [0.25, 0.3) is 0 Å². The normalized spacial score (nSPS) is 10.9. The molecule has 7 heteroatoms. The molecule has 0 amide bonds. The summed E-state index contributed by atoms with van der Waals surface area (Å²) in [6, 6.07) is 0. The van der Waals surface area contributed by atoms with Crippen LogP contribution in [-0.2, 0) is 19.0 Å². The molecular formula is C9H16BrIO5. The first kappa shape index (κ1) is 18.3. The molecule has 0 N–H and O–H groups in total. The van der Waals surface area contributed by atoms with E-state index in [0.717, 1.165) is 0 Å². The van der Waals surface area contributed by atoms with Gasteiger partial charge in [-0.1, -0.05) is 0 Å². The molecular weight excluding hydrogens is 395 g/mol. The lowest BCUT2D eigenvalue weighted by molar-refractivity contribution is -0.138. The molecule has 5 nitrogen and oxygen atoms in total. The fraction of sp³-hybridized carbons (Fsp3) is 0.778. The molecule has 1 atom stereocenters. The van der Waals surface area contributed by atoms with Crippen LogP contribution in [0.4, 0.5) is 4.79 Å². The van der Waals surface area contributed by atoms with Gasteiger partial charge in [-0.25, -0.2) is 4.79 Å². The Kier molecular flexibility index (Phi) is 13.1. The van der Waals surface area contributed by atoms with Crippen LogP contribution in [0.2, 0.25) is 0 Å². The minimum absolute atomic E-state index is 0.109. The number of halogens is 2.